The molecule has 23 heavy (non-hydrogen) atoms. The van der Waals surface area contributed by atoms with Crippen molar-refractivity contribution in [3.63, 3.8) is 0 Å². The zero-order valence-corrected chi connectivity index (χ0v) is 13.7. The Morgan fingerprint density at radius 3 is 2.43 bits per heavy atom. The van der Waals surface area contributed by atoms with Crippen molar-refractivity contribution in [3.05, 3.63) is 53.6 Å². The summed E-state index contributed by atoms with van der Waals surface area (Å²) in [6.07, 6.45) is 0.0719. The lowest BCUT2D eigenvalue weighted by atomic mass is 9.86. The number of hydrogen-bond donors (Lipinski definition) is 2. The Bertz CT molecular complexity index is 783. The fraction of sp³-hybridized carbons (Fsp3) is 0.316. The molecule has 0 spiro atoms. The van der Waals surface area contributed by atoms with Gasteiger partial charge in [0.2, 0.25) is 5.91 Å². The Labute approximate surface area is 136 Å². The molecule has 4 rings (SSSR count). The van der Waals surface area contributed by atoms with E-state index < -0.39 is 0 Å². The highest BCUT2D eigenvalue weighted by molar-refractivity contribution is 5.97. The van der Waals surface area contributed by atoms with Crippen LogP contribution in [0.4, 0.5) is 17.1 Å². The Kier molecular flexibility index (Phi) is 2.92. The van der Waals surface area contributed by atoms with Crippen LogP contribution >= 0.6 is 0 Å². The Hall–Kier alpha value is -2.49. The predicted molar refractivity (Wildman–Crippen MR) is 93.9 cm³/mol. The number of fused-ring (bicyclic) bond motifs is 2. The van der Waals surface area contributed by atoms with Crippen molar-refractivity contribution in [2.45, 2.75) is 32.4 Å². The van der Waals surface area contributed by atoms with Gasteiger partial charge in [0.15, 0.2) is 0 Å². The average Bonchev–Trinajstić information content (AvgIpc) is 3.05. The summed E-state index contributed by atoms with van der Waals surface area (Å²) < 4.78 is 0. The van der Waals surface area contributed by atoms with Crippen LogP contribution in [0.2, 0.25) is 0 Å². The summed E-state index contributed by atoms with van der Waals surface area (Å²) in [5.74, 6) is 0.0994. The molecule has 0 radical (unpaired) electrons. The second kappa shape index (κ2) is 4.75. The maximum atomic E-state index is 12.0. The quantitative estimate of drug-likeness (QED) is 0.840. The van der Waals surface area contributed by atoms with Crippen LogP contribution in [0.15, 0.2) is 42.5 Å². The smallest absolute Gasteiger partial charge is 0.223 e. The van der Waals surface area contributed by atoms with Gasteiger partial charge in [0.25, 0.3) is 0 Å². The Morgan fingerprint density at radius 1 is 1.13 bits per heavy atom. The molecule has 4 nitrogen and oxygen atoms in total. The third-order valence-electron chi connectivity index (χ3n) is 4.82. The van der Waals surface area contributed by atoms with E-state index in [0.717, 1.165) is 23.6 Å². The zero-order chi connectivity index (χ0) is 16.2. The topological polar surface area (TPSA) is 44.4 Å². The normalized spacial score (nSPS) is 20.5. The molecule has 1 amide bonds. The molecule has 0 saturated heterocycles. The molecule has 0 fully saturated rings. The summed E-state index contributed by atoms with van der Waals surface area (Å²) in [5, 5.41) is 7.07. The SMILES string of the molecule is CC(=O)N1CC(C)(C)c2cc3c(cc21)NC(c1ccccc1)N3. The first-order valence-electron chi connectivity index (χ1n) is 8.00. The molecule has 2 aliphatic heterocycles. The van der Waals surface area contributed by atoms with Gasteiger partial charge < -0.3 is 15.5 Å². The maximum absolute atomic E-state index is 12.0. The van der Waals surface area contributed by atoms with Gasteiger partial charge in [-0.3, -0.25) is 4.79 Å². The third-order valence-corrected chi connectivity index (χ3v) is 4.82. The summed E-state index contributed by atoms with van der Waals surface area (Å²) in [6.45, 7) is 6.76. The van der Waals surface area contributed by atoms with Crippen LogP contribution in [0, 0.1) is 0 Å². The predicted octanol–water partition coefficient (Wildman–Crippen LogP) is 3.87. The Balaban J connectivity index is 1.74. The van der Waals surface area contributed by atoms with Crippen molar-refractivity contribution in [2.75, 3.05) is 22.1 Å². The first kappa shape index (κ1) is 14.1. The molecule has 2 aromatic carbocycles. The van der Waals surface area contributed by atoms with E-state index in [1.807, 2.05) is 23.1 Å². The largest absolute Gasteiger partial charge is 0.360 e. The van der Waals surface area contributed by atoms with E-state index in [4.69, 9.17) is 0 Å². The molecule has 2 heterocycles. The number of hydrogen-bond acceptors (Lipinski definition) is 3. The van der Waals surface area contributed by atoms with Gasteiger partial charge in [-0.2, -0.15) is 0 Å². The summed E-state index contributed by atoms with van der Waals surface area (Å²) in [7, 11) is 0. The van der Waals surface area contributed by atoms with E-state index in [1.165, 1.54) is 11.1 Å². The first-order valence-corrected chi connectivity index (χ1v) is 8.00. The zero-order valence-electron chi connectivity index (χ0n) is 13.7. The molecule has 2 aliphatic rings. The van der Waals surface area contributed by atoms with Gasteiger partial charge in [-0.15, -0.1) is 0 Å². The third kappa shape index (κ3) is 2.17. The molecule has 0 aliphatic carbocycles. The fourth-order valence-electron chi connectivity index (χ4n) is 3.60. The molecule has 1 atom stereocenters. The summed E-state index contributed by atoms with van der Waals surface area (Å²) in [5.41, 5.74) is 5.60. The lowest BCUT2D eigenvalue weighted by Gasteiger charge is -2.19. The minimum absolute atomic E-state index is 0.0253. The summed E-state index contributed by atoms with van der Waals surface area (Å²) in [6, 6.07) is 14.6. The molecule has 4 heteroatoms. The van der Waals surface area contributed by atoms with Crippen molar-refractivity contribution in [3.8, 4) is 0 Å². The van der Waals surface area contributed by atoms with E-state index in [0.29, 0.717) is 0 Å². The van der Waals surface area contributed by atoms with Gasteiger partial charge in [0.05, 0.1) is 11.4 Å². The summed E-state index contributed by atoms with van der Waals surface area (Å²) >= 11 is 0. The lowest BCUT2D eigenvalue weighted by Crippen LogP contribution is -2.32. The molecule has 118 valence electrons. The number of nitrogens with one attached hydrogen (secondary N) is 2. The number of anilines is 3. The molecule has 2 aromatic rings. The molecule has 0 bridgehead atoms. The minimum atomic E-state index is -0.0253. The van der Waals surface area contributed by atoms with Crippen molar-refractivity contribution in [1.29, 1.82) is 0 Å². The standard InChI is InChI=1S/C19H21N3O/c1-12(23)22-11-19(2,3)14-9-15-16(10-17(14)22)21-18(20-15)13-7-5-4-6-8-13/h4-10,18,20-21H,11H2,1-3H3. The monoisotopic (exact) mass is 307 g/mol. The van der Waals surface area contributed by atoms with Gasteiger partial charge >= 0.3 is 0 Å². The van der Waals surface area contributed by atoms with E-state index in [2.05, 4.69) is 48.7 Å². The van der Waals surface area contributed by atoms with E-state index in [1.54, 1.807) is 6.92 Å². The second-order valence-corrected chi connectivity index (χ2v) is 7.04. The molecule has 0 saturated carbocycles. The number of amides is 1. The molecule has 2 N–H and O–H groups in total. The number of carbonyl (C=O) groups excluding carboxylic acids is 1. The van der Waals surface area contributed by atoms with Crippen LogP contribution in [0.3, 0.4) is 0 Å². The molecular formula is C19H21N3O. The van der Waals surface area contributed by atoms with Gasteiger partial charge in [-0.1, -0.05) is 44.2 Å². The van der Waals surface area contributed by atoms with Crippen molar-refractivity contribution < 1.29 is 4.79 Å². The van der Waals surface area contributed by atoms with Crippen molar-refractivity contribution in [1.82, 2.24) is 0 Å². The van der Waals surface area contributed by atoms with Crippen LogP contribution < -0.4 is 15.5 Å². The highest BCUT2D eigenvalue weighted by Crippen LogP contribution is 2.47. The maximum Gasteiger partial charge on any atom is 0.223 e. The second-order valence-electron chi connectivity index (χ2n) is 7.04. The van der Waals surface area contributed by atoms with Crippen LogP contribution in [-0.4, -0.2) is 12.5 Å². The number of benzene rings is 2. The fourth-order valence-corrected chi connectivity index (χ4v) is 3.60. The Morgan fingerprint density at radius 2 is 1.78 bits per heavy atom. The van der Waals surface area contributed by atoms with Crippen LogP contribution in [-0.2, 0) is 10.2 Å². The van der Waals surface area contributed by atoms with Crippen LogP contribution in [0.1, 0.15) is 38.1 Å². The van der Waals surface area contributed by atoms with Gasteiger partial charge in [-0.25, -0.2) is 0 Å². The van der Waals surface area contributed by atoms with Crippen molar-refractivity contribution >= 4 is 23.0 Å². The first-order chi connectivity index (χ1) is 11.0. The van der Waals surface area contributed by atoms with Gasteiger partial charge in [0, 0.05) is 24.6 Å². The lowest BCUT2D eigenvalue weighted by molar-refractivity contribution is -0.116. The van der Waals surface area contributed by atoms with E-state index >= 15 is 0 Å². The van der Waals surface area contributed by atoms with Crippen LogP contribution in [0.5, 0.6) is 0 Å². The molecule has 1 unspecified atom stereocenters. The summed E-state index contributed by atoms with van der Waals surface area (Å²) in [4.78, 5) is 13.9. The van der Waals surface area contributed by atoms with E-state index in [-0.39, 0.29) is 17.5 Å². The van der Waals surface area contributed by atoms with Gasteiger partial charge in [-0.05, 0) is 23.3 Å². The van der Waals surface area contributed by atoms with Crippen molar-refractivity contribution in [2.24, 2.45) is 0 Å². The van der Waals surface area contributed by atoms with Crippen LogP contribution in [0.25, 0.3) is 0 Å². The average molecular weight is 307 g/mol. The number of nitrogens with zero attached hydrogens (tertiary/aromatic N) is 1. The van der Waals surface area contributed by atoms with E-state index in [9.17, 15) is 4.79 Å². The highest BCUT2D eigenvalue weighted by Gasteiger charge is 2.38. The van der Waals surface area contributed by atoms with Gasteiger partial charge in [0.1, 0.15) is 6.17 Å². The molecule has 0 aromatic heterocycles. The molecular weight excluding hydrogens is 286 g/mol. The number of carbonyl (C=O) groups is 1. The highest BCUT2D eigenvalue weighted by atomic mass is 16.2. The minimum Gasteiger partial charge on any atom is -0.360 e. The number of rotatable bonds is 1.